The van der Waals surface area contributed by atoms with Crippen molar-refractivity contribution in [2.75, 3.05) is 5.73 Å². The van der Waals surface area contributed by atoms with Gasteiger partial charge in [0.15, 0.2) is 21.4 Å². The van der Waals surface area contributed by atoms with Crippen molar-refractivity contribution in [1.29, 1.82) is 0 Å². The largest absolute Gasteiger partial charge is 0.381 e. The van der Waals surface area contributed by atoms with Gasteiger partial charge in [0.25, 0.3) is 0 Å². The quantitative estimate of drug-likeness (QED) is 0.930. The van der Waals surface area contributed by atoms with Crippen molar-refractivity contribution in [3.63, 3.8) is 0 Å². The molecule has 7 heteroatoms. The summed E-state index contributed by atoms with van der Waals surface area (Å²) in [7, 11) is -3.54. The highest BCUT2D eigenvalue weighted by Gasteiger charge is 2.38. The summed E-state index contributed by atoms with van der Waals surface area (Å²) in [6, 6.07) is 5.31. The predicted molar refractivity (Wildman–Crippen MR) is 66.5 cm³/mol. The van der Waals surface area contributed by atoms with Crippen LogP contribution in [0.5, 0.6) is 0 Å². The molecule has 1 aromatic carbocycles. The molecule has 0 amide bonds. The van der Waals surface area contributed by atoms with Crippen LogP contribution in [0.25, 0.3) is 11.3 Å². The molecule has 0 spiro atoms. The monoisotopic (exact) mass is 282 g/mol. The summed E-state index contributed by atoms with van der Waals surface area (Å²) < 4.78 is 42.8. The van der Waals surface area contributed by atoms with Gasteiger partial charge in [0.05, 0.1) is 5.25 Å². The van der Waals surface area contributed by atoms with Crippen molar-refractivity contribution >= 4 is 15.7 Å². The van der Waals surface area contributed by atoms with Gasteiger partial charge in [0.2, 0.25) is 0 Å². The fraction of sp³-hybridized carbons (Fsp3) is 0.250. The molecule has 2 aromatic rings. The number of anilines is 1. The third-order valence-electron chi connectivity index (χ3n) is 3.01. The number of nitrogens with zero attached hydrogens (tertiary/aromatic N) is 1. The summed E-state index contributed by atoms with van der Waals surface area (Å²) in [5.41, 5.74) is 5.81. The standard InChI is InChI=1S/C12H11FN2O3S/c13-9-5-7(10-6-12(14)15-18-10)1-4-11(9)19(16,17)8-2-3-8/h1,4-6,8H,2-3H2,(H2,14,15). The van der Waals surface area contributed by atoms with Crippen molar-refractivity contribution < 1.29 is 17.3 Å². The molecule has 1 heterocycles. The van der Waals surface area contributed by atoms with Crippen LogP contribution in [0.2, 0.25) is 0 Å². The van der Waals surface area contributed by atoms with E-state index in [4.69, 9.17) is 10.3 Å². The zero-order chi connectivity index (χ0) is 13.6. The minimum Gasteiger partial charge on any atom is -0.381 e. The third kappa shape index (κ3) is 2.10. The fourth-order valence-electron chi connectivity index (χ4n) is 1.87. The molecule has 0 aliphatic heterocycles. The van der Waals surface area contributed by atoms with Crippen LogP contribution in [-0.4, -0.2) is 18.8 Å². The molecule has 1 aromatic heterocycles. The van der Waals surface area contributed by atoms with E-state index in [9.17, 15) is 12.8 Å². The molecule has 0 atom stereocenters. The van der Waals surface area contributed by atoms with Gasteiger partial charge in [-0.25, -0.2) is 12.8 Å². The molecule has 3 rings (SSSR count). The van der Waals surface area contributed by atoms with Gasteiger partial charge >= 0.3 is 0 Å². The molecule has 1 aliphatic rings. The van der Waals surface area contributed by atoms with E-state index >= 15 is 0 Å². The Labute approximate surface area is 109 Å². The molecule has 19 heavy (non-hydrogen) atoms. The van der Waals surface area contributed by atoms with Gasteiger partial charge in [-0.1, -0.05) is 5.16 Å². The summed E-state index contributed by atoms with van der Waals surface area (Å²) >= 11 is 0. The fourth-order valence-corrected chi connectivity index (χ4v) is 3.57. The number of halogens is 1. The smallest absolute Gasteiger partial charge is 0.184 e. The number of hydrogen-bond acceptors (Lipinski definition) is 5. The second kappa shape index (κ2) is 4.06. The number of benzene rings is 1. The van der Waals surface area contributed by atoms with E-state index in [2.05, 4.69) is 5.16 Å². The van der Waals surface area contributed by atoms with Crippen molar-refractivity contribution in [2.24, 2.45) is 0 Å². The predicted octanol–water partition coefficient (Wildman–Crippen LogP) is 2.00. The molecule has 0 saturated heterocycles. The van der Waals surface area contributed by atoms with Gasteiger partial charge in [-0.05, 0) is 31.0 Å². The van der Waals surface area contributed by atoms with E-state index < -0.39 is 20.9 Å². The van der Waals surface area contributed by atoms with Crippen LogP contribution in [-0.2, 0) is 9.84 Å². The summed E-state index contributed by atoms with van der Waals surface area (Å²) in [5, 5.41) is 3.06. The van der Waals surface area contributed by atoms with E-state index in [1.165, 1.54) is 18.2 Å². The Morgan fingerprint density at radius 3 is 2.58 bits per heavy atom. The maximum absolute atomic E-state index is 14.0. The third-order valence-corrected chi connectivity index (χ3v) is 5.31. The van der Waals surface area contributed by atoms with Gasteiger partial charge in [0, 0.05) is 11.6 Å². The minimum absolute atomic E-state index is 0.185. The lowest BCUT2D eigenvalue weighted by Crippen LogP contribution is -2.09. The Morgan fingerprint density at radius 1 is 1.32 bits per heavy atom. The molecular formula is C12H11FN2O3S. The molecular weight excluding hydrogens is 271 g/mol. The lowest BCUT2D eigenvalue weighted by molar-refractivity contribution is 0.435. The lowest BCUT2D eigenvalue weighted by Gasteiger charge is -2.05. The van der Waals surface area contributed by atoms with Crippen molar-refractivity contribution in [3.8, 4) is 11.3 Å². The van der Waals surface area contributed by atoms with Gasteiger partial charge in [-0.2, -0.15) is 0 Å². The number of nitrogen functional groups attached to an aromatic ring is 1. The van der Waals surface area contributed by atoms with Crippen molar-refractivity contribution in [3.05, 3.63) is 30.1 Å². The second-order valence-corrected chi connectivity index (χ2v) is 6.70. The Balaban J connectivity index is 2.03. The molecule has 1 fully saturated rings. The average molecular weight is 282 g/mol. The SMILES string of the molecule is Nc1cc(-c2ccc(S(=O)(=O)C3CC3)c(F)c2)on1. The number of hydrogen-bond donors (Lipinski definition) is 1. The van der Waals surface area contributed by atoms with Crippen LogP contribution in [0, 0.1) is 5.82 Å². The molecule has 0 unspecified atom stereocenters. The van der Waals surface area contributed by atoms with Gasteiger partial charge in [-0.3, -0.25) is 0 Å². The number of nitrogens with two attached hydrogens (primary N) is 1. The summed E-state index contributed by atoms with van der Waals surface area (Å²) in [5.74, 6) is -0.295. The minimum atomic E-state index is -3.54. The maximum Gasteiger partial charge on any atom is 0.184 e. The van der Waals surface area contributed by atoms with Crippen molar-refractivity contribution in [2.45, 2.75) is 23.0 Å². The maximum atomic E-state index is 14.0. The molecule has 0 bridgehead atoms. The Hall–Kier alpha value is -1.89. The van der Waals surface area contributed by atoms with E-state index in [0.29, 0.717) is 24.2 Å². The molecule has 100 valence electrons. The Morgan fingerprint density at radius 2 is 2.05 bits per heavy atom. The second-order valence-electron chi connectivity index (χ2n) is 4.51. The molecule has 1 saturated carbocycles. The van der Waals surface area contributed by atoms with Crippen LogP contribution in [0.4, 0.5) is 10.2 Å². The van der Waals surface area contributed by atoms with E-state index in [1.807, 2.05) is 0 Å². The lowest BCUT2D eigenvalue weighted by atomic mass is 10.2. The van der Waals surface area contributed by atoms with E-state index in [1.54, 1.807) is 0 Å². The van der Waals surface area contributed by atoms with Crippen LogP contribution in [0.15, 0.2) is 33.7 Å². The zero-order valence-corrected chi connectivity index (χ0v) is 10.7. The van der Waals surface area contributed by atoms with Crippen LogP contribution < -0.4 is 5.73 Å². The van der Waals surface area contributed by atoms with Crippen LogP contribution in [0.3, 0.4) is 0 Å². The number of aromatic nitrogens is 1. The van der Waals surface area contributed by atoms with Crippen LogP contribution >= 0.6 is 0 Å². The Kier molecular flexibility index (Phi) is 2.60. The molecule has 5 nitrogen and oxygen atoms in total. The van der Waals surface area contributed by atoms with Gasteiger partial charge < -0.3 is 10.3 Å². The van der Waals surface area contributed by atoms with Gasteiger partial charge in [-0.15, -0.1) is 0 Å². The highest BCUT2D eigenvalue weighted by molar-refractivity contribution is 7.92. The van der Waals surface area contributed by atoms with Gasteiger partial charge in [0.1, 0.15) is 10.7 Å². The number of rotatable bonds is 3. The first-order valence-corrected chi connectivity index (χ1v) is 7.29. The first-order valence-electron chi connectivity index (χ1n) is 5.74. The topological polar surface area (TPSA) is 86.2 Å². The molecule has 2 N–H and O–H groups in total. The first kappa shape index (κ1) is 12.2. The Bertz CT molecular complexity index is 735. The zero-order valence-electron chi connectivity index (χ0n) is 9.84. The summed E-state index contributed by atoms with van der Waals surface area (Å²) in [4.78, 5) is -0.258. The van der Waals surface area contributed by atoms with E-state index in [-0.39, 0.29) is 10.7 Å². The van der Waals surface area contributed by atoms with Crippen LogP contribution in [0.1, 0.15) is 12.8 Å². The number of sulfone groups is 1. The molecule has 0 radical (unpaired) electrons. The van der Waals surface area contributed by atoms with E-state index in [0.717, 1.165) is 6.07 Å². The highest BCUT2D eigenvalue weighted by Crippen LogP contribution is 2.35. The van der Waals surface area contributed by atoms with Crippen molar-refractivity contribution in [1.82, 2.24) is 5.16 Å². The highest BCUT2D eigenvalue weighted by atomic mass is 32.2. The molecule has 1 aliphatic carbocycles. The normalized spacial score (nSPS) is 15.6. The summed E-state index contributed by atoms with van der Waals surface area (Å²) in [6.07, 6.45) is 1.20. The first-order chi connectivity index (χ1) is 8.98. The average Bonchev–Trinajstić information content (AvgIpc) is 3.12. The summed E-state index contributed by atoms with van der Waals surface area (Å²) in [6.45, 7) is 0.